The van der Waals surface area contributed by atoms with Crippen LogP contribution in [0.3, 0.4) is 0 Å². The van der Waals surface area contributed by atoms with Gasteiger partial charge in [0, 0.05) is 109 Å². The summed E-state index contributed by atoms with van der Waals surface area (Å²) in [6, 6.07) is 3.83. The van der Waals surface area contributed by atoms with Gasteiger partial charge in [-0.3, -0.25) is 28.1 Å². The quantitative estimate of drug-likeness (QED) is 0.128. The largest absolute Gasteiger partial charge is 0.354 e. The number of rotatable bonds is 12. The number of carbonyl (C=O) groups is 4. The van der Waals surface area contributed by atoms with Gasteiger partial charge in [-0.05, 0) is 132 Å². The van der Waals surface area contributed by atoms with Crippen LogP contribution in [0.2, 0.25) is 0 Å². The van der Waals surface area contributed by atoms with Crippen LogP contribution in [0.15, 0.2) is 23.0 Å². The molecule has 71 heavy (non-hydrogen) atoms. The van der Waals surface area contributed by atoms with Gasteiger partial charge >= 0.3 is 0 Å². The van der Waals surface area contributed by atoms with Crippen LogP contribution in [0.5, 0.6) is 0 Å². The summed E-state index contributed by atoms with van der Waals surface area (Å²) in [7, 11) is 1.59. The molecule has 18 heteroatoms. The number of aryl methyl sites for hydroxylation is 1. The maximum absolute atomic E-state index is 11.4. The lowest BCUT2D eigenvalue weighted by Gasteiger charge is -2.27. The summed E-state index contributed by atoms with van der Waals surface area (Å²) in [4.78, 5) is 49.1. The Morgan fingerprint density at radius 2 is 1.27 bits per heavy atom. The Morgan fingerprint density at radius 3 is 1.49 bits per heavy atom. The highest BCUT2D eigenvalue weighted by Gasteiger charge is 2.20. The Morgan fingerprint density at radius 1 is 0.775 bits per heavy atom. The highest BCUT2D eigenvalue weighted by Crippen LogP contribution is 2.18. The van der Waals surface area contributed by atoms with Crippen molar-refractivity contribution in [2.24, 2.45) is 17.8 Å². The molecule has 2 atom stereocenters. The monoisotopic (exact) mass is 1030 g/mol. The Kier molecular flexibility index (Phi) is 40.8. The van der Waals surface area contributed by atoms with E-state index in [2.05, 4.69) is 80.3 Å². The fraction of sp³-hybridized carbons (Fsp3) is 0.811. The van der Waals surface area contributed by atoms with Crippen molar-refractivity contribution >= 4 is 39.2 Å². The fourth-order valence-electron chi connectivity index (χ4n) is 6.09. The molecule has 0 spiro atoms. The van der Waals surface area contributed by atoms with Gasteiger partial charge in [0.2, 0.25) is 29.5 Å². The van der Waals surface area contributed by atoms with Gasteiger partial charge in [0.15, 0.2) is 5.82 Å². The van der Waals surface area contributed by atoms with Gasteiger partial charge in [-0.2, -0.15) is 10.1 Å². The van der Waals surface area contributed by atoms with Crippen LogP contribution in [0, 0.1) is 24.7 Å². The van der Waals surface area contributed by atoms with Crippen LogP contribution < -0.4 is 26.6 Å². The third-order valence-corrected chi connectivity index (χ3v) is 13.1. The van der Waals surface area contributed by atoms with Crippen LogP contribution in [-0.4, -0.2) is 139 Å². The molecule has 17 nitrogen and oxygen atoms in total. The summed E-state index contributed by atoms with van der Waals surface area (Å²) < 4.78 is 19.8. The number of nitrogens with one attached hydrogen (secondary N) is 5. The Hall–Kier alpha value is -3.87. The fourth-order valence-corrected chi connectivity index (χ4v) is 6.94. The zero-order valence-corrected chi connectivity index (χ0v) is 49.6. The van der Waals surface area contributed by atoms with Crippen molar-refractivity contribution in [3.63, 3.8) is 0 Å². The molecule has 2 aromatic rings. The molecule has 0 aromatic carbocycles. The van der Waals surface area contributed by atoms with Crippen molar-refractivity contribution in [2.45, 2.75) is 218 Å². The van der Waals surface area contributed by atoms with Gasteiger partial charge in [-0.15, -0.1) is 0 Å². The first-order valence-corrected chi connectivity index (χ1v) is 28.0. The molecule has 5 N–H and O–H groups in total. The van der Waals surface area contributed by atoms with E-state index >= 15 is 0 Å². The standard InChI is InChI=1S/C9H19N.C8H16N2O.C8H15NO.C6H10N2O.C6H10N2.C6H15NOS.2C5H11NO/c1-9(2)8-10-6-4-3-5-7-10;1-6(2)8(11)10-7-3-4-9-5-7;1-6(2)8(10)9-7-4-3-5-7;1-4(2)6-7-5(3)9-8-6;1-6(2)8-5-3-4-7-8;1-6(2)9(5,8)7(3)4;2*1-4(2)6-5(3)7/h9H,3-8H2,1-2H3;6-7,9H,3-5H2,1-2H3,(H,10,11);6-7H,3-5H2,1-2H3,(H,9,10);4H,1-3H3;3-6H,1-2H3;6H,5H2,1-4H3;2*4H,1-3H3,(H,6,7). The van der Waals surface area contributed by atoms with E-state index in [9.17, 15) is 23.4 Å². The molecule has 2 aromatic heterocycles. The normalized spacial score (nSPS) is 16.1. The average molecular weight is 1030 g/mol. The summed E-state index contributed by atoms with van der Waals surface area (Å²) in [6.45, 7) is 42.9. The summed E-state index contributed by atoms with van der Waals surface area (Å²) in [5, 5.41) is 22.4. The van der Waals surface area contributed by atoms with Crippen LogP contribution >= 0.6 is 0 Å². The van der Waals surface area contributed by atoms with Crippen molar-refractivity contribution < 1.29 is 27.9 Å². The topological polar surface area (TPSA) is 209 Å². The van der Waals surface area contributed by atoms with Gasteiger partial charge in [0.05, 0.1) is 0 Å². The molecular weight excluding hydrogens is 919 g/mol. The van der Waals surface area contributed by atoms with E-state index < -0.39 is 9.71 Å². The molecule has 3 fully saturated rings. The van der Waals surface area contributed by atoms with Crippen molar-refractivity contribution in [3.05, 3.63) is 30.2 Å². The Bertz CT molecular complexity index is 1710. The van der Waals surface area contributed by atoms with E-state index in [-0.39, 0.29) is 52.8 Å². The number of nitrogens with zero attached hydrogens (tertiary/aromatic N) is 6. The molecule has 2 unspecified atom stereocenters. The molecular formula is C53H107N11O6S. The van der Waals surface area contributed by atoms with E-state index in [4.69, 9.17) is 4.52 Å². The lowest BCUT2D eigenvalue weighted by atomic mass is 9.93. The highest BCUT2D eigenvalue weighted by molar-refractivity contribution is 7.98. The number of carbonyl (C=O) groups excluding carboxylic acids is 4. The van der Waals surface area contributed by atoms with Crippen LogP contribution in [0.25, 0.3) is 0 Å². The maximum atomic E-state index is 11.4. The van der Waals surface area contributed by atoms with E-state index in [0.717, 1.165) is 31.3 Å². The predicted molar refractivity (Wildman–Crippen MR) is 298 cm³/mol. The molecule has 416 valence electrons. The molecule has 3 aliphatic rings. The minimum atomic E-state index is -1.98. The number of hydrogen-bond donors (Lipinski definition) is 5. The molecule has 5 rings (SSSR count). The number of aromatic nitrogens is 4. The molecule has 2 aliphatic heterocycles. The third-order valence-electron chi connectivity index (χ3n) is 10.4. The van der Waals surface area contributed by atoms with Crippen molar-refractivity contribution in [1.29, 1.82) is 0 Å². The van der Waals surface area contributed by atoms with Gasteiger partial charge in [0.25, 0.3) is 0 Å². The Balaban J connectivity index is -0.000000748. The number of amides is 4. The van der Waals surface area contributed by atoms with Crippen LogP contribution in [0.1, 0.15) is 193 Å². The number of likely N-dealkylation sites (tertiary alicyclic amines) is 1. The maximum Gasteiger partial charge on any atom is 0.223 e. The Labute approximate surface area is 433 Å². The minimum Gasteiger partial charge on any atom is -0.354 e. The second-order valence-corrected chi connectivity index (χ2v) is 24.1. The molecule has 0 bridgehead atoms. The lowest BCUT2D eigenvalue weighted by molar-refractivity contribution is -0.125. The molecule has 2 saturated heterocycles. The second-order valence-electron chi connectivity index (χ2n) is 21.1. The first-order valence-electron chi connectivity index (χ1n) is 26.2. The van der Waals surface area contributed by atoms with Crippen LogP contribution in [0.4, 0.5) is 0 Å². The highest BCUT2D eigenvalue weighted by atomic mass is 32.2. The van der Waals surface area contributed by atoms with Gasteiger partial charge in [0.1, 0.15) is 0 Å². The zero-order valence-electron chi connectivity index (χ0n) is 48.7. The smallest absolute Gasteiger partial charge is 0.223 e. The summed E-state index contributed by atoms with van der Waals surface area (Å²) in [6.07, 6.45) is 12.8. The SMILES string of the molecule is C=S(=O)(C(C)C)N(C)C.CC(=O)NC(C)C.CC(=O)NC(C)C.CC(C)C(=O)NC1CCC1.CC(C)C(=O)NC1CCNC1.CC(C)CN1CCCCC1.CC(C)n1cccn1.Cc1nc(C(C)C)no1. The average Bonchev–Trinajstić information content (AvgIpc) is 4.05. The summed E-state index contributed by atoms with van der Waals surface area (Å²) in [5.41, 5.74) is 0. The number of piperidine rings is 1. The van der Waals surface area contributed by atoms with E-state index in [1.54, 1.807) is 31.5 Å². The van der Waals surface area contributed by atoms with Gasteiger partial charge in [-0.1, -0.05) is 80.8 Å². The molecule has 4 heterocycles. The second kappa shape index (κ2) is 40.6. The summed E-state index contributed by atoms with van der Waals surface area (Å²) in [5.74, 6) is 6.94. The molecule has 0 radical (unpaired) electrons. The molecule has 1 aliphatic carbocycles. The van der Waals surface area contributed by atoms with Crippen molar-refractivity contribution in [3.8, 4) is 0 Å². The first-order chi connectivity index (χ1) is 32.8. The van der Waals surface area contributed by atoms with E-state index in [0.29, 0.717) is 29.9 Å². The minimum absolute atomic E-state index is 0.0370. The first kappa shape index (κ1) is 71.4. The van der Waals surface area contributed by atoms with E-state index in [1.165, 1.54) is 72.0 Å². The number of hydrogen-bond acceptors (Lipinski definition) is 11. The summed E-state index contributed by atoms with van der Waals surface area (Å²) >= 11 is 0. The molecule has 4 amide bonds. The van der Waals surface area contributed by atoms with Gasteiger partial charge in [-0.25, -0.2) is 4.31 Å². The zero-order chi connectivity index (χ0) is 55.4. The lowest BCUT2D eigenvalue weighted by Crippen LogP contribution is -2.41. The van der Waals surface area contributed by atoms with Crippen LogP contribution in [-0.2, 0) is 28.9 Å². The third kappa shape index (κ3) is 41.3. The van der Waals surface area contributed by atoms with E-state index in [1.807, 2.05) is 100 Å². The van der Waals surface area contributed by atoms with Crippen molar-refractivity contribution in [1.82, 2.24) is 55.7 Å². The predicted octanol–water partition coefficient (Wildman–Crippen LogP) is 8.17. The molecule has 1 saturated carbocycles. The van der Waals surface area contributed by atoms with Crippen molar-refractivity contribution in [2.75, 3.05) is 46.8 Å². The van der Waals surface area contributed by atoms with Gasteiger partial charge < -0.3 is 36.0 Å².